The average Bonchev–Trinajstić information content (AvgIpc) is 2.64. The molecule has 25 heavy (non-hydrogen) atoms. The summed E-state index contributed by atoms with van der Waals surface area (Å²) in [6.07, 6.45) is 3.57. The highest BCUT2D eigenvalue weighted by molar-refractivity contribution is 5.53. The number of hydrogen-bond donors (Lipinski definition) is 0. The van der Waals surface area contributed by atoms with E-state index in [1.54, 1.807) is 6.08 Å². The quantitative estimate of drug-likeness (QED) is 0.739. The van der Waals surface area contributed by atoms with Crippen LogP contribution in [0.2, 0.25) is 0 Å². The van der Waals surface area contributed by atoms with Crippen LogP contribution in [0.3, 0.4) is 0 Å². The van der Waals surface area contributed by atoms with Gasteiger partial charge in [-0.05, 0) is 12.5 Å². The van der Waals surface area contributed by atoms with Gasteiger partial charge in [0.2, 0.25) is 11.2 Å². The Labute approximate surface area is 148 Å². The second-order valence-corrected chi connectivity index (χ2v) is 5.88. The van der Waals surface area contributed by atoms with Gasteiger partial charge in [-0.1, -0.05) is 42.0 Å². The number of methoxy groups -OCH3 is 4. The molecule has 1 aliphatic carbocycles. The third kappa shape index (κ3) is 2.31. The molecule has 6 heteroatoms. The normalized spacial score (nSPS) is 22.8. The third-order valence-electron chi connectivity index (χ3n) is 4.95. The largest absolute Gasteiger partial charge is 0.348 e. The highest BCUT2D eigenvalue weighted by Gasteiger charge is 2.85. The fourth-order valence-electron chi connectivity index (χ4n) is 3.65. The van der Waals surface area contributed by atoms with Crippen LogP contribution in [0.4, 0.5) is 0 Å². The van der Waals surface area contributed by atoms with Crippen LogP contribution >= 0.6 is 0 Å². The predicted octanol–water partition coefficient (Wildman–Crippen LogP) is 2.65. The Bertz CT molecular complexity index is 705. The molecule has 0 bridgehead atoms. The summed E-state index contributed by atoms with van der Waals surface area (Å²) in [7, 11) is 5.59. The zero-order chi connectivity index (χ0) is 18.7. The van der Waals surface area contributed by atoms with Crippen molar-refractivity contribution >= 4 is 6.08 Å². The molecule has 0 aliphatic heterocycles. The van der Waals surface area contributed by atoms with E-state index in [1.165, 1.54) is 28.4 Å². The highest BCUT2D eigenvalue weighted by Crippen LogP contribution is 2.65. The van der Waals surface area contributed by atoms with Crippen LogP contribution in [-0.4, -0.2) is 40.0 Å². The molecular formula is C19H22N2O4. The molecule has 1 aromatic carbocycles. The number of nitrogens with zero attached hydrogens (tertiary/aromatic N) is 2. The Morgan fingerprint density at radius 3 is 1.84 bits per heavy atom. The van der Waals surface area contributed by atoms with Crippen molar-refractivity contribution in [2.45, 2.75) is 18.5 Å². The standard InChI is InChI=1S/C19H22N2O4/c1-14-6-8-15(9-7-14)10-11-16-17(12-20,13-21)19(24-4,25-5)18(16,22-2)23-3/h6-11,16H,1-5H3/b11-10-. The van der Waals surface area contributed by atoms with Crippen LogP contribution in [-0.2, 0) is 18.9 Å². The zero-order valence-electron chi connectivity index (χ0n) is 15.1. The molecule has 1 saturated carbocycles. The van der Waals surface area contributed by atoms with E-state index >= 15 is 0 Å². The first-order valence-corrected chi connectivity index (χ1v) is 7.75. The first-order valence-electron chi connectivity index (χ1n) is 7.75. The molecule has 6 nitrogen and oxygen atoms in total. The SMILES string of the molecule is COC1(OC)C(/C=C\c2ccc(C)cc2)C(C#N)(C#N)C1(OC)OC. The molecule has 132 valence electrons. The zero-order valence-corrected chi connectivity index (χ0v) is 15.1. The van der Waals surface area contributed by atoms with Crippen LogP contribution in [0.1, 0.15) is 11.1 Å². The van der Waals surface area contributed by atoms with Gasteiger partial charge < -0.3 is 18.9 Å². The van der Waals surface area contributed by atoms with Gasteiger partial charge in [0.15, 0.2) is 0 Å². The minimum absolute atomic E-state index is 0.716. The molecule has 1 unspecified atom stereocenters. The van der Waals surface area contributed by atoms with E-state index in [2.05, 4.69) is 12.1 Å². The lowest BCUT2D eigenvalue weighted by molar-refractivity contribution is -0.489. The number of aryl methyl sites for hydroxylation is 1. The van der Waals surface area contributed by atoms with Crippen LogP contribution in [0.15, 0.2) is 30.3 Å². The van der Waals surface area contributed by atoms with Crippen molar-refractivity contribution in [3.8, 4) is 12.1 Å². The van der Waals surface area contributed by atoms with Crippen molar-refractivity contribution in [1.29, 1.82) is 10.5 Å². The van der Waals surface area contributed by atoms with Gasteiger partial charge in [-0.2, -0.15) is 10.5 Å². The average molecular weight is 342 g/mol. The molecule has 0 saturated heterocycles. The van der Waals surface area contributed by atoms with E-state index in [0.717, 1.165) is 11.1 Å². The molecular weight excluding hydrogens is 320 g/mol. The van der Waals surface area contributed by atoms with E-state index in [9.17, 15) is 10.5 Å². The third-order valence-corrected chi connectivity index (χ3v) is 4.95. The maximum atomic E-state index is 9.78. The monoisotopic (exact) mass is 342 g/mol. The first kappa shape index (κ1) is 19.1. The van der Waals surface area contributed by atoms with Gasteiger partial charge in [0.25, 0.3) is 5.79 Å². The van der Waals surface area contributed by atoms with Gasteiger partial charge in [0, 0.05) is 28.4 Å². The van der Waals surface area contributed by atoms with Crippen molar-refractivity contribution in [2.24, 2.45) is 11.3 Å². The lowest BCUT2D eigenvalue weighted by atomic mass is 9.51. The number of hydrogen-bond acceptors (Lipinski definition) is 6. The van der Waals surface area contributed by atoms with Gasteiger partial charge in [-0.25, -0.2) is 0 Å². The van der Waals surface area contributed by atoms with Crippen LogP contribution in [0.5, 0.6) is 0 Å². The Morgan fingerprint density at radius 2 is 1.44 bits per heavy atom. The van der Waals surface area contributed by atoms with E-state index in [4.69, 9.17) is 18.9 Å². The van der Waals surface area contributed by atoms with Gasteiger partial charge in [-0.3, -0.25) is 0 Å². The second kappa shape index (κ2) is 6.95. The summed E-state index contributed by atoms with van der Waals surface area (Å²) in [6.45, 7) is 2.00. The Kier molecular flexibility index (Phi) is 5.31. The van der Waals surface area contributed by atoms with E-state index in [0.29, 0.717) is 0 Å². The minimum Gasteiger partial charge on any atom is -0.348 e. The summed E-state index contributed by atoms with van der Waals surface area (Å²) in [5.74, 6) is -3.82. The molecule has 1 atom stereocenters. The van der Waals surface area contributed by atoms with E-state index in [-0.39, 0.29) is 0 Å². The molecule has 0 radical (unpaired) electrons. The summed E-state index contributed by atoms with van der Waals surface area (Å²) < 4.78 is 22.1. The first-order chi connectivity index (χ1) is 12.0. The van der Waals surface area contributed by atoms with Crippen molar-refractivity contribution in [3.05, 3.63) is 41.5 Å². The van der Waals surface area contributed by atoms with Gasteiger partial charge in [0.05, 0.1) is 18.1 Å². The maximum Gasteiger partial charge on any atom is 0.257 e. The highest BCUT2D eigenvalue weighted by atomic mass is 16.8. The molecule has 0 amide bonds. The number of nitriles is 2. The smallest absolute Gasteiger partial charge is 0.257 e. The van der Waals surface area contributed by atoms with Gasteiger partial charge in [-0.15, -0.1) is 0 Å². The van der Waals surface area contributed by atoms with Crippen LogP contribution < -0.4 is 0 Å². The fraction of sp³-hybridized carbons (Fsp3) is 0.474. The van der Waals surface area contributed by atoms with E-state index in [1.807, 2.05) is 37.3 Å². The maximum absolute atomic E-state index is 9.78. The number of ether oxygens (including phenoxy) is 4. The van der Waals surface area contributed by atoms with Gasteiger partial charge in [0.1, 0.15) is 0 Å². The second-order valence-electron chi connectivity index (χ2n) is 5.88. The van der Waals surface area contributed by atoms with Crippen LogP contribution in [0.25, 0.3) is 6.08 Å². The van der Waals surface area contributed by atoms with Gasteiger partial charge >= 0.3 is 0 Å². The van der Waals surface area contributed by atoms with Crippen LogP contribution in [0, 0.1) is 40.9 Å². The molecule has 0 aromatic heterocycles. The van der Waals surface area contributed by atoms with Crippen molar-refractivity contribution < 1.29 is 18.9 Å². The number of benzene rings is 1. The molecule has 0 spiro atoms. The summed E-state index contributed by atoms with van der Waals surface area (Å²) >= 11 is 0. The lowest BCUT2D eigenvalue weighted by Crippen LogP contribution is -2.83. The molecule has 1 fully saturated rings. The summed E-state index contributed by atoms with van der Waals surface area (Å²) in [4.78, 5) is 0. The van der Waals surface area contributed by atoms with Crippen molar-refractivity contribution in [3.63, 3.8) is 0 Å². The Hall–Kier alpha value is -2.22. The Morgan fingerprint density at radius 1 is 0.920 bits per heavy atom. The van der Waals surface area contributed by atoms with Crippen molar-refractivity contribution in [2.75, 3.05) is 28.4 Å². The molecule has 0 N–H and O–H groups in total. The summed E-state index contributed by atoms with van der Waals surface area (Å²) in [5.41, 5.74) is 0.456. The number of rotatable bonds is 6. The van der Waals surface area contributed by atoms with E-state index < -0.39 is 22.9 Å². The summed E-state index contributed by atoms with van der Waals surface area (Å²) in [5, 5.41) is 19.6. The molecule has 0 heterocycles. The summed E-state index contributed by atoms with van der Waals surface area (Å²) in [6, 6.07) is 12.0. The molecule has 1 aromatic rings. The predicted molar refractivity (Wildman–Crippen MR) is 90.9 cm³/mol. The Balaban J connectivity index is 2.55. The molecule has 1 aliphatic rings. The lowest BCUT2D eigenvalue weighted by Gasteiger charge is -2.64. The molecule has 2 rings (SSSR count). The fourth-order valence-corrected chi connectivity index (χ4v) is 3.65. The van der Waals surface area contributed by atoms with Crippen molar-refractivity contribution in [1.82, 2.24) is 0 Å². The topological polar surface area (TPSA) is 84.5 Å². The minimum atomic E-state index is -1.67.